The summed E-state index contributed by atoms with van der Waals surface area (Å²) in [4.78, 5) is 2.51. The Kier molecular flexibility index (Phi) is 4.92. The van der Waals surface area contributed by atoms with E-state index in [4.69, 9.17) is 11.6 Å². The molecule has 0 aliphatic carbocycles. The third-order valence-corrected chi connectivity index (χ3v) is 5.82. The molecule has 0 saturated heterocycles. The molecule has 1 nitrogen and oxygen atoms in total. The molecule has 128 valence electrons. The Morgan fingerprint density at radius 1 is 1.29 bits per heavy atom. The van der Waals surface area contributed by atoms with E-state index in [1.807, 2.05) is 0 Å². The molecule has 2 aliphatic rings. The summed E-state index contributed by atoms with van der Waals surface area (Å²) in [6, 6.07) is 5.37. The van der Waals surface area contributed by atoms with Gasteiger partial charge in [0.05, 0.1) is 6.04 Å². The summed E-state index contributed by atoms with van der Waals surface area (Å²) in [5, 5.41) is 0.904. The molecule has 0 amide bonds. The van der Waals surface area contributed by atoms with Crippen LogP contribution in [0.2, 0.25) is 5.02 Å². The zero-order valence-electron chi connectivity index (χ0n) is 15.2. The zero-order valence-corrected chi connectivity index (χ0v) is 15.9. The van der Waals surface area contributed by atoms with Crippen LogP contribution in [0.1, 0.15) is 62.8 Å². The Hall–Kier alpha value is -1.47. The smallest absolute Gasteiger partial charge is 0.0583 e. The molecule has 0 radical (unpaired) electrons. The largest absolute Gasteiger partial charge is 0.366 e. The van der Waals surface area contributed by atoms with Crippen LogP contribution in [0.3, 0.4) is 0 Å². The van der Waals surface area contributed by atoms with Gasteiger partial charge < -0.3 is 4.90 Å². The predicted molar refractivity (Wildman–Crippen MR) is 104 cm³/mol. The first-order valence-electron chi connectivity index (χ1n) is 9.13. The van der Waals surface area contributed by atoms with Crippen LogP contribution in [0, 0.1) is 0 Å². The number of hydrogen-bond donors (Lipinski definition) is 0. The van der Waals surface area contributed by atoms with Gasteiger partial charge in [0.15, 0.2) is 0 Å². The third-order valence-electron chi connectivity index (χ3n) is 5.46. The van der Waals surface area contributed by atoms with E-state index in [0.717, 1.165) is 37.1 Å². The average Bonchev–Trinajstić information content (AvgIpc) is 2.55. The van der Waals surface area contributed by atoms with Gasteiger partial charge in [-0.05, 0) is 72.1 Å². The normalized spacial score (nSPS) is 22.8. The number of hydrogen-bond acceptors (Lipinski definition) is 1. The van der Waals surface area contributed by atoms with Crippen molar-refractivity contribution in [2.24, 2.45) is 0 Å². The number of fused-ring (bicyclic) bond motifs is 3. The number of halogens is 1. The van der Waals surface area contributed by atoms with E-state index in [9.17, 15) is 0 Å². The molecule has 0 fully saturated rings. The number of rotatable bonds is 4. The van der Waals surface area contributed by atoms with E-state index in [1.165, 1.54) is 33.4 Å². The Morgan fingerprint density at radius 3 is 2.71 bits per heavy atom. The van der Waals surface area contributed by atoms with Crippen LogP contribution >= 0.6 is 11.6 Å². The fourth-order valence-corrected chi connectivity index (χ4v) is 4.43. The molecule has 0 aromatic heterocycles. The molecule has 2 aliphatic heterocycles. The molecule has 2 heteroatoms. The third kappa shape index (κ3) is 2.95. The molecule has 1 aromatic carbocycles. The monoisotopic (exact) mass is 341 g/mol. The average molecular weight is 342 g/mol. The van der Waals surface area contributed by atoms with Crippen LogP contribution in [0.5, 0.6) is 0 Å². The van der Waals surface area contributed by atoms with E-state index >= 15 is 0 Å². The van der Waals surface area contributed by atoms with Gasteiger partial charge >= 0.3 is 0 Å². The van der Waals surface area contributed by atoms with E-state index in [1.54, 1.807) is 0 Å². The molecule has 3 rings (SSSR count). The summed E-state index contributed by atoms with van der Waals surface area (Å²) in [6.45, 7) is 15.3. The van der Waals surface area contributed by atoms with Crippen molar-refractivity contribution in [3.05, 3.63) is 69.9 Å². The first kappa shape index (κ1) is 17.4. The van der Waals surface area contributed by atoms with Crippen molar-refractivity contribution < 1.29 is 0 Å². The zero-order chi connectivity index (χ0) is 17.4. The molecule has 2 unspecified atom stereocenters. The van der Waals surface area contributed by atoms with Crippen LogP contribution in [0.4, 0.5) is 0 Å². The summed E-state index contributed by atoms with van der Waals surface area (Å²) in [7, 11) is 0. The molecule has 0 spiro atoms. The first-order valence-corrected chi connectivity index (χ1v) is 9.50. The van der Waals surface area contributed by atoms with Gasteiger partial charge in [-0.1, -0.05) is 51.1 Å². The summed E-state index contributed by atoms with van der Waals surface area (Å²) in [5.41, 5.74) is 7.80. The van der Waals surface area contributed by atoms with E-state index < -0.39 is 0 Å². The van der Waals surface area contributed by atoms with Crippen molar-refractivity contribution in [2.75, 3.05) is 0 Å². The molecule has 0 N–H and O–H groups in total. The summed E-state index contributed by atoms with van der Waals surface area (Å²) < 4.78 is 0. The highest BCUT2D eigenvalue weighted by Gasteiger charge is 2.34. The molecular weight excluding hydrogens is 314 g/mol. The van der Waals surface area contributed by atoms with Crippen LogP contribution in [-0.2, 0) is 12.8 Å². The van der Waals surface area contributed by atoms with Crippen molar-refractivity contribution in [2.45, 2.75) is 65.0 Å². The van der Waals surface area contributed by atoms with Gasteiger partial charge in [0.2, 0.25) is 0 Å². The quantitative estimate of drug-likeness (QED) is 0.613. The summed E-state index contributed by atoms with van der Waals surface area (Å²) in [5.74, 6) is 0. The summed E-state index contributed by atoms with van der Waals surface area (Å²) in [6.07, 6.45) is 7.51. The highest BCUT2D eigenvalue weighted by molar-refractivity contribution is 6.31. The fourth-order valence-electron chi connectivity index (χ4n) is 4.13. The van der Waals surface area contributed by atoms with Crippen molar-refractivity contribution in [3.63, 3.8) is 0 Å². The second-order valence-corrected chi connectivity index (χ2v) is 7.62. The van der Waals surface area contributed by atoms with Crippen LogP contribution in [0.15, 0.2) is 48.2 Å². The second kappa shape index (κ2) is 6.80. The van der Waals surface area contributed by atoms with Crippen LogP contribution < -0.4 is 0 Å². The molecule has 2 atom stereocenters. The first-order chi connectivity index (χ1) is 11.5. The molecular formula is C22H28ClN. The van der Waals surface area contributed by atoms with E-state index in [0.29, 0.717) is 12.1 Å². The van der Waals surface area contributed by atoms with Crippen molar-refractivity contribution >= 4 is 11.6 Å². The topological polar surface area (TPSA) is 3.24 Å². The Balaban J connectivity index is 2.02. The fraction of sp³-hybridized carbons (Fsp3) is 0.455. The van der Waals surface area contributed by atoms with Crippen molar-refractivity contribution in [1.29, 1.82) is 0 Å². The molecule has 1 aromatic rings. The molecule has 2 heterocycles. The molecule has 24 heavy (non-hydrogen) atoms. The Bertz CT molecular complexity index is 713. The lowest BCUT2D eigenvalue weighted by atomic mass is 9.80. The SMILES string of the molecule is C=C(CCC)C1=CN2C(C)Cc3cc(CC)c(Cl)cc3C2CC1=C. The summed E-state index contributed by atoms with van der Waals surface area (Å²) >= 11 is 6.52. The lowest BCUT2D eigenvalue weighted by Gasteiger charge is -2.45. The van der Waals surface area contributed by atoms with Gasteiger partial charge in [0.25, 0.3) is 0 Å². The maximum atomic E-state index is 6.52. The number of nitrogens with zero attached hydrogens (tertiary/aromatic N) is 1. The van der Waals surface area contributed by atoms with E-state index in [2.05, 4.69) is 57.2 Å². The minimum atomic E-state index is 0.359. The highest BCUT2D eigenvalue weighted by atomic mass is 35.5. The van der Waals surface area contributed by atoms with Gasteiger partial charge in [-0.25, -0.2) is 0 Å². The number of allylic oxidation sites excluding steroid dienone is 2. The predicted octanol–water partition coefficient (Wildman–Crippen LogP) is 6.39. The lowest BCUT2D eigenvalue weighted by molar-refractivity contribution is 0.187. The van der Waals surface area contributed by atoms with Gasteiger partial charge in [-0.3, -0.25) is 0 Å². The second-order valence-electron chi connectivity index (χ2n) is 7.22. The van der Waals surface area contributed by atoms with Crippen molar-refractivity contribution in [1.82, 2.24) is 4.90 Å². The van der Waals surface area contributed by atoms with Crippen molar-refractivity contribution in [3.8, 4) is 0 Å². The van der Waals surface area contributed by atoms with Gasteiger partial charge in [-0.15, -0.1) is 0 Å². The highest BCUT2D eigenvalue weighted by Crippen LogP contribution is 2.44. The van der Waals surface area contributed by atoms with Crippen LogP contribution in [0.25, 0.3) is 0 Å². The van der Waals surface area contributed by atoms with Crippen LogP contribution in [-0.4, -0.2) is 10.9 Å². The van der Waals surface area contributed by atoms with E-state index in [-0.39, 0.29) is 0 Å². The minimum Gasteiger partial charge on any atom is -0.366 e. The van der Waals surface area contributed by atoms with Gasteiger partial charge in [-0.2, -0.15) is 0 Å². The maximum Gasteiger partial charge on any atom is 0.0583 e. The Labute approximate surface area is 151 Å². The number of aryl methyl sites for hydroxylation is 1. The maximum absolute atomic E-state index is 6.52. The molecule has 0 bridgehead atoms. The lowest BCUT2D eigenvalue weighted by Crippen LogP contribution is -2.41. The van der Waals surface area contributed by atoms with Gasteiger partial charge in [0, 0.05) is 17.3 Å². The standard InChI is InChI=1S/C22H28ClN/c1-6-8-14(3)20-13-24-16(5)10-18-11-17(7-2)21(23)12-19(18)22(24)9-15(20)4/h11-13,16,22H,3-4,6-10H2,1-2,5H3. The van der Waals surface area contributed by atoms with Gasteiger partial charge in [0.1, 0.15) is 0 Å². The Morgan fingerprint density at radius 2 is 2.04 bits per heavy atom. The molecule has 0 saturated carbocycles. The minimum absolute atomic E-state index is 0.359. The number of benzene rings is 1.